The maximum Gasteiger partial charge on any atom is 0.200 e. The lowest BCUT2D eigenvalue weighted by molar-refractivity contribution is 0.276. The highest BCUT2D eigenvalue weighted by Gasteiger charge is 2.27. The van der Waals surface area contributed by atoms with Gasteiger partial charge in [-0.25, -0.2) is 4.39 Å². The van der Waals surface area contributed by atoms with Crippen molar-refractivity contribution < 1.29 is 18.6 Å². The van der Waals surface area contributed by atoms with Crippen molar-refractivity contribution in [2.24, 2.45) is 0 Å². The highest BCUT2D eigenvalue weighted by atomic mass is 19.1. The van der Waals surface area contributed by atoms with Crippen LogP contribution in [0.5, 0.6) is 17.2 Å². The van der Waals surface area contributed by atoms with E-state index in [1.54, 1.807) is 44.2 Å². The first-order valence-electron chi connectivity index (χ1n) is 8.56. The monoisotopic (exact) mass is 369 g/mol. The zero-order chi connectivity index (χ0) is 19.8. The third-order valence-electron chi connectivity index (χ3n) is 3.57. The highest BCUT2D eigenvalue weighted by molar-refractivity contribution is 5.80. The molecule has 1 N–H and O–H groups in total. The lowest BCUT2D eigenvalue weighted by Crippen LogP contribution is -2.08. The van der Waals surface area contributed by atoms with Crippen LogP contribution in [0.1, 0.15) is 31.9 Å². The fourth-order valence-corrected chi connectivity index (χ4v) is 2.54. The molecule has 0 fully saturated rings. The molecule has 0 unspecified atom stereocenters. The Hall–Kier alpha value is -3.45. The Kier molecular flexibility index (Phi) is 6.85. The van der Waals surface area contributed by atoms with Gasteiger partial charge in [-0.2, -0.15) is 10.5 Å². The quantitative estimate of drug-likeness (QED) is 0.737. The summed E-state index contributed by atoms with van der Waals surface area (Å²) in [5, 5.41) is 22.0. The van der Waals surface area contributed by atoms with Gasteiger partial charge in [0.2, 0.25) is 5.75 Å². The van der Waals surface area contributed by atoms with Crippen LogP contribution in [-0.4, -0.2) is 19.8 Å². The number of anilines is 2. The van der Waals surface area contributed by atoms with Crippen LogP contribution in [-0.2, 0) is 0 Å². The zero-order valence-electron chi connectivity index (χ0n) is 15.4. The summed E-state index contributed by atoms with van der Waals surface area (Å²) in [5.74, 6) is -0.424. The number of nitriles is 2. The average Bonchev–Trinajstić information content (AvgIpc) is 2.67. The standard InChI is InChI=1S/C20H20FN3O3/c1-4-25-14-9-7-8-13(10-14)24-18-16(12-23)15(11-22)17(21)19(26-5-2)20(18)27-6-3/h7-10,24H,4-6H2,1-3H3. The van der Waals surface area contributed by atoms with E-state index in [-0.39, 0.29) is 36.0 Å². The van der Waals surface area contributed by atoms with Crippen molar-refractivity contribution in [3.05, 3.63) is 41.2 Å². The van der Waals surface area contributed by atoms with E-state index >= 15 is 0 Å². The van der Waals surface area contributed by atoms with E-state index in [4.69, 9.17) is 14.2 Å². The molecule has 140 valence electrons. The number of ether oxygens (including phenoxy) is 3. The van der Waals surface area contributed by atoms with Gasteiger partial charge in [-0.15, -0.1) is 0 Å². The molecular formula is C20H20FN3O3. The van der Waals surface area contributed by atoms with E-state index < -0.39 is 11.4 Å². The minimum absolute atomic E-state index is 0.0502. The summed E-state index contributed by atoms with van der Waals surface area (Å²) in [5.41, 5.74) is 0.224. The van der Waals surface area contributed by atoms with Gasteiger partial charge < -0.3 is 19.5 Å². The predicted molar refractivity (Wildman–Crippen MR) is 99.1 cm³/mol. The van der Waals surface area contributed by atoms with Crippen molar-refractivity contribution in [3.8, 4) is 29.4 Å². The van der Waals surface area contributed by atoms with Crippen molar-refractivity contribution in [2.75, 3.05) is 25.1 Å². The molecule has 6 nitrogen and oxygen atoms in total. The first-order valence-corrected chi connectivity index (χ1v) is 8.56. The predicted octanol–water partition coefficient (Wildman–Crippen LogP) is 4.51. The third-order valence-corrected chi connectivity index (χ3v) is 3.57. The van der Waals surface area contributed by atoms with E-state index in [1.165, 1.54) is 0 Å². The van der Waals surface area contributed by atoms with Crippen LogP contribution in [0.3, 0.4) is 0 Å². The molecular weight excluding hydrogens is 349 g/mol. The first kappa shape index (κ1) is 19.9. The van der Waals surface area contributed by atoms with Gasteiger partial charge in [-0.05, 0) is 32.9 Å². The molecule has 0 aliphatic carbocycles. The van der Waals surface area contributed by atoms with Crippen molar-refractivity contribution in [1.29, 1.82) is 10.5 Å². The van der Waals surface area contributed by atoms with Crippen LogP contribution >= 0.6 is 0 Å². The van der Waals surface area contributed by atoms with Gasteiger partial charge in [0.25, 0.3) is 0 Å². The molecule has 0 saturated carbocycles. The van der Waals surface area contributed by atoms with Crippen molar-refractivity contribution in [3.63, 3.8) is 0 Å². The number of benzene rings is 2. The SMILES string of the molecule is CCOc1cccc(Nc2c(C#N)c(C#N)c(F)c(OCC)c2OCC)c1. The number of hydrogen-bond acceptors (Lipinski definition) is 6. The van der Waals surface area contributed by atoms with Crippen molar-refractivity contribution in [1.82, 2.24) is 0 Å². The third kappa shape index (κ3) is 4.21. The second kappa shape index (κ2) is 9.30. The maximum atomic E-state index is 14.7. The van der Waals surface area contributed by atoms with E-state index in [0.29, 0.717) is 18.0 Å². The first-order chi connectivity index (χ1) is 13.1. The van der Waals surface area contributed by atoms with Gasteiger partial charge in [0, 0.05) is 11.8 Å². The molecule has 0 bridgehead atoms. The van der Waals surface area contributed by atoms with Crippen LogP contribution in [0.25, 0.3) is 0 Å². The van der Waals surface area contributed by atoms with E-state index in [0.717, 1.165) is 0 Å². The number of rotatable bonds is 8. The van der Waals surface area contributed by atoms with Crippen LogP contribution in [0.15, 0.2) is 24.3 Å². The molecule has 0 aliphatic rings. The maximum absolute atomic E-state index is 14.7. The Bertz CT molecular complexity index is 901. The molecule has 2 aromatic carbocycles. The largest absolute Gasteiger partial charge is 0.494 e. The number of halogens is 1. The Labute approximate surface area is 157 Å². The lowest BCUT2D eigenvalue weighted by Gasteiger charge is -2.19. The second-order valence-corrected chi connectivity index (χ2v) is 5.27. The minimum atomic E-state index is -0.909. The molecule has 2 aromatic rings. The van der Waals surface area contributed by atoms with Crippen LogP contribution < -0.4 is 19.5 Å². The van der Waals surface area contributed by atoms with E-state index in [2.05, 4.69) is 5.32 Å². The fraction of sp³-hybridized carbons (Fsp3) is 0.300. The molecule has 0 amide bonds. The molecule has 0 radical (unpaired) electrons. The van der Waals surface area contributed by atoms with Crippen molar-refractivity contribution in [2.45, 2.75) is 20.8 Å². The van der Waals surface area contributed by atoms with Crippen molar-refractivity contribution >= 4 is 11.4 Å². The average molecular weight is 369 g/mol. The number of hydrogen-bond donors (Lipinski definition) is 1. The van der Waals surface area contributed by atoms with Gasteiger partial charge in [-0.3, -0.25) is 0 Å². The molecule has 0 aromatic heterocycles. The molecule has 2 rings (SSSR count). The Balaban J connectivity index is 2.69. The van der Waals surface area contributed by atoms with Gasteiger partial charge in [0.05, 0.1) is 19.8 Å². The van der Waals surface area contributed by atoms with Gasteiger partial charge in [0.15, 0.2) is 11.6 Å². The Morgan fingerprint density at radius 1 is 0.926 bits per heavy atom. The summed E-state index contributed by atoms with van der Waals surface area (Å²) in [6.45, 7) is 6.20. The van der Waals surface area contributed by atoms with Gasteiger partial charge >= 0.3 is 0 Å². The molecule has 7 heteroatoms. The fourth-order valence-electron chi connectivity index (χ4n) is 2.54. The second-order valence-electron chi connectivity index (χ2n) is 5.27. The number of nitrogens with zero attached hydrogens (tertiary/aromatic N) is 2. The van der Waals surface area contributed by atoms with Gasteiger partial charge in [-0.1, -0.05) is 6.07 Å². The molecule has 0 atom stereocenters. The summed E-state index contributed by atoms with van der Waals surface area (Å²) < 4.78 is 31.2. The highest BCUT2D eigenvalue weighted by Crippen LogP contribution is 2.44. The summed E-state index contributed by atoms with van der Waals surface area (Å²) in [6.07, 6.45) is 0. The van der Waals surface area contributed by atoms with Gasteiger partial charge in [0.1, 0.15) is 34.7 Å². The summed E-state index contributed by atoms with van der Waals surface area (Å²) in [6, 6.07) is 10.7. The number of nitrogens with one attached hydrogen (secondary N) is 1. The normalized spacial score (nSPS) is 9.85. The molecule has 0 heterocycles. The Morgan fingerprint density at radius 2 is 1.56 bits per heavy atom. The zero-order valence-corrected chi connectivity index (χ0v) is 15.4. The summed E-state index contributed by atoms with van der Waals surface area (Å²) in [4.78, 5) is 0. The van der Waals surface area contributed by atoms with E-state index in [1.807, 2.05) is 13.0 Å². The summed E-state index contributed by atoms with van der Waals surface area (Å²) >= 11 is 0. The van der Waals surface area contributed by atoms with Crippen LogP contribution in [0.2, 0.25) is 0 Å². The molecule has 0 spiro atoms. The molecule has 0 aliphatic heterocycles. The van der Waals surface area contributed by atoms with Crippen LogP contribution in [0, 0.1) is 28.5 Å². The van der Waals surface area contributed by atoms with Crippen LogP contribution in [0.4, 0.5) is 15.8 Å². The topological polar surface area (TPSA) is 87.3 Å². The molecule has 0 saturated heterocycles. The molecule has 27 heavy (non-hydrogen) atoms. The minimum Gasteiger partial charge on any atom is -0.494 e. The summed E-state index contributed by atoms with van der Waals surface area (Å²) in [7, 11) is 0. The lowest BCUT2D eigenvalue weighted by atomic mass is 10.0. The smallest absolute Gasteiger partial charge is 0.200 e. The Morgan fingerprint density at radius 3 is 2.15 bits per heavy atom. The van der Waals surface area contributed by atoms with E-state index in [9.17, 15) is 14.9 Å².